The molecule has 3 aromatic rings. The molecule has 0 aliphatic rings. The van der Waals surface area contributed by atoms with Crippen molar-refractivity contribution in [2.24, 2.45) is 0 Å². The van der Waals surface area contributed by atoms with E-state index < -0.39 is 23.6 Å². The van der Waals surface area contributed by atoms with Gasteiger partial charge in [0.05, 0.1) is 0 Å². The molecule has 3 rings (SSSR count). The van der Waals surface area contributed by atoms with Gasteiger partial charge in [0.1, 0.15) is 0 Å². The van der Waals surface area contributed by atoms with Crippen LogP contribution in [-0.2, 0) is 3.07 Å². The van der Waals surface area contributed by atoms with Crippen molar-refractivity contribution in [1.29, 1.82) is 0 Å². The Hall–Kier alpha value is -1.59. The summed E-state index contributed by atoms with van der Waals surface area (Å²) in [6, 6.07) is 20.9. The molecule has 23 heavy (non-hydrogen) atoms. The van der Waals surface area contributed by atoms with Crippen molar-refractivity contribution in [3.8, 4) is 0 Å². The zero-order valence-corrected chi connectivity index (χ0v) is 16.3. The van der Waals surface area contributed by atoms with Crippen LogP contribution in [0.3, 0.4) is 0 Å². The molecular weight excluding hydrogens is 416 g/mol. The second kappa shape index (κ2) is 6.89. The van der Waals surface area contributed by atoms with E-state index in [1.54, 1.807) is 6.07 Å². The predicted octanol–water partition coefficient (Wildman–Crippen LogP) is 4.00. The van der Waals surface area contributed by atoms with Crippen molar-refractivity contribution < 1.29 is 7.87 Å². The summed E-state index contributed by atoms with van der Waals surface area (Å²) in [7, 11) is 6.75. The van der Waals surface area contributed by atoms with Crippen LogP contribution in [0.5, 0.6) is 0 Å². The van der Waals surface area contributed by atoms with Gasteiger partial charge >= 0.3 is 144 Å². The molecule has 0 aliphatic carbocycles. The van der Waals surface area contributed by atoms with Crippen molar-refractivity contribution in [2.75, 3.05) is 0 Å². The number of pyridine rings is 1. The van der Waals surface area contributed by atoms with Crippen LogP contribution in [0, 0.1) is 0 Å². The average molecular weight is 432 g/mol. The first-order valence-electron chi connectivity index (χ1n) is 7.46. The van der Waals surface area contributed by atoms with Crippen LogP contribution in [0.2, 0.25) is 4.44 Å². The minimum absolute atomic E-state index is 0.301. The van der Waals surface area contributed by atoms with E-state index in [4.69, 9.17) is 12.0 Å². The first-order valence-corrected chi connectivity index (χ1v) is 15.7. The molecule has 0 fully saturated rings. The van der Waals surface area contributed by atoms with E-state index in [-0.39, 0.29) is 0 Å². The van der Waals surface area contributed by atoms with Crippen LogP contribution in [0.25, 0.3) is 10.9 Å². The summed E-state index contributed by atoms with van der Waals surface area (Å²) in [6.07, 6.45) is 0. The molecule has 0 saturated heterocycles. The Balaban J connectivity index is 1.89. The number of carbonyl (C=O) groups excluding carboxylic acids is 1. The van der Waals surface area contributed by atoms with Crippen molar-refractivity contribution in [2.45, 2.75) is 11.4 Å². The van der Waals surface area contributed by atoms with Gasteiger partial charge in [0, 0.05) is 0 Å². The van der Waals surface area contributed by atoms with Crippen molar-refractivity contribution in [3.05, 3.63) is 72.4 Å². The van der Waals surface area contributed by atoms with Gasteiger partial charge in [-0.15, -0.1) is 0 Å². The first kappa shape index (κ1) is 16.3. The molecule has 3 nitrogen and oxygen atoms in total. The SMILES string of the molecule is C[CH2][Sn]([Cl])([O]C(=O)c1ccc2ccccc2n1)[c]1ccccc1. The Bertz CT molecular complexity index is 841. The predicted molar refractivity (Wildman–Crippen MR) is 95.3 cm³/mol. The van der Waals surface area contributed by atoms with Gasteiger partial charge in [0.15, 0.2) is 0 Å². The zero-order chi connectivity index (χ0) is 16.3. The van der Waals surface area contributed by atoms with Gasteiger partial charge in [-0.25, -0.2) is 0 Å². The van der Waals surface area contributed by atoms with E-state index in [2.05, 4.69) is 4.98 Å². The molecule has 0 amide bonds. The molecule has 0 saturated carbocycles. The summed E-state index contributed by atoms with van der Waals surface area (Å²) in [5.41, 5.74) is 1.07. The number of hydrogen-bond acceptors (Lipinski definition) is 3. The summed E-state index contributed by atoms with van der Waals surface area (Å²) in [4.78, 5) is 16.9. The molecule has 0 radical (unpaired) electrons. The second-order valence-electron chi connectivity index (χ2n) is 5.23. The number of rotatable bonds is 4. The van der Waals surface area contributed by atoms with Crippen molar-refractivity contribution >= 4 is 47.0 Å². The number of hydrogen-bond donors (Lipinski definition) is 0. The molecule has 1 unspecified atom stereocenters. The molecule has 5 heteroatoms. The van der Waals surface area contributed by atoms with E-state index >= 15 is 0 Å². The van der Waals surface area contributed by atoms with Crippen LogP contribution < -0.4 is 3.58 Å². The summed E-state index contributed by atoms with van der Waals surface area (Å²) >= 11 is -3.67. The Kier molecular flexibility index (Phi) is 4.87. The first-order chi connectivity index (χ1) is 11.1. The van der Waals surface area contributed by atoms with Gasteiger partial charge in [-0.05, 0) is 0 Å². The third-order valence-electron chi connectivity index (χ3n) is 3.72. The number of benzene rings is 2. The standard InChI is InChI=1S/C10H7NO2.C6H5.C2H5.ClH.Sn/c12-10(13)9-6-5-7-3-1-2-4-8(7)11-9;1-2-4-6-5-3-1;1-2;;/h1-6H,(H,12,13);1-5H;1H2,2H3;1H;/q;;;;+2/p-2. The molecule has 0 spiro atoms. The molecule has 0 aliphatic heterocycles. The molecular formula is C18H16ClNO2Sn. The molecule has 2 aromatic carbocycles. The average Bonchev–Trinajstić information content (AvgIpc) is 2.62. The van der Waals surface area contributed by atoms with E-state index in [1.807, 2.05) is 67.6 Å². The van der Waals surface area contributed by atoms with Crippen LogP contribution in [0.15, 0.2) is 66.7 Å². The fourth-order valence-corrected chi connectivity index (χ4v) is 8.74. The number of para-hydroxylation sites is 1. The number of fused-ring (bicyclic) bond motifs is 1. The van der Waals surface area contributed by atoms with Gasteiger partial charge in [0.25, 0.3) is 0 Å². The number of aromatic nitrogens is 1. The Morgan fingerprint density at radius 3 is 2.48 bits per heavy atom. The monoisotopic (exact) mass is 433 g/mol. The zero-order valence-electron chi connectivity index (χ0n) is 12.7. The van der Waals surface area contributed by atoms with Crippen LogP contribution in [0.4, 0.5) is 0 Å². The van der Waals surface area contributed by atoms with Crippen LogP contribution >= 0.6 is 8.92 Å². The second-order valence-corrected chi connectivity index (χ2v) is 17.7. The molecule has 0 bridgehead atoms. The minimum atomic E-state index is -3.67. The fraction of sp³-hybridized carbons (Fsp3) is 0.111. The summed E-state index contributed by atoms with van der Waals surface area (Å²) in [5.74, 6) is -0.438. The third kappa shape index (κ3) is 3.51. The van der Waals surface area contributed by atoms with Crippen molar-refractivity contribution in [1.82, 2.24) is 4.98 Å². The van der Waals surface area contributed by atoms with Gasteiger partial charge in [-0.1, -0.05) is 0 Å². The number of carbonyl (C=O) groups is 1. The maximum absolute atomic E-state index is 12.5. The Labute approximate surface area is 143 Å². The molecule has 1 heterocycles. The van der Waals surface area contributed by atoms with E-state index in [9.17, 15) is 4.79 Å². The fourth-order valence-electron chi connectivity index (χ4n) is 2.40. The summed E-state index contributed by atoms with van der Waals surface area (Å²) < 4.78 is 7.41. The van der Waals surface area contributed by atoms with Crippen LogP contribution in [0.1, 0.15) is 17.4 Å². The molecule has 0 N–H and O–H groups in total. The summed E-state index contributed by atoms with van der Waals surface area (Å²) in [6.45, 7) is 1.97. The molecule has 1 aromatic heterocycles. The van der Waals surface area contributed by atoms with Gasteiger partial charge in [0.2, 0.25) is 0 Å². The maximum atomic E-state index is 12.5. The van der Waals surface area contributed by atoms with Crippen molar-refractivity contribution in [3.63, 3.8) is 0 Å². The molecule has 1 atom stereocenters. The molecule has 116 valence electrons. The van der Waals surface area contributed by atoms with Gasteiger partial charge in [-0.3, -0.25) is 0 Å². The van der Waals surface area contributed by atoms with Crippen LogP contribution in [-0.4, -0.2) is 28.6 Å². The summed E-state index contributed by atoms with van der Waals surface area (Å²) in [5, 5.41) is 0.989. The van der Waals surface area contributed by atoms with Gasteiger partial charge in [-0.2, -0.15) is 0 Å². The topological polar surface area (TPSA) is 39.2 Å². The normalized spacial score (nSPS) is 13.5. The van der Waals surface area contributed by atoms with E-state index in [0.717, 1.165) is 14.5 Å². The van der Waals surface area contributed by atoms with Gasteiger partial charge < -0.3 is 0 Å². The van der Waals surface area contributed by atoms with E-state index in [1.165, 1.54) is 0 Å². The quantitative estimate of drug-likeness (QED) is 0.585. The third-order valence-corrected chi connectivity index (χ3v) is 15.0. The Morgan fingerprint density at radius 2 is 1.74 bits per heavy atom. The number of halogens is 1. The Morgan fingerprint density at radius 1 is 1.04 bits per heavy atom. The van der Waals surface area contributed by atoms with E-state index in [0.29, 0.717) is 10.1 Å². The number of nitrogens with zero attached hydrogens (tertiary/aromatic N) is 1.